The first-order valence-corrected chi connectivity index (χ1v) is 10.5. The number of aryl methyl sites for hydroxylation is 1. The zero-order valence-corrected chi connectivity index (χ0v) is 17.9. The number of nitrogens with zero attached hydrogens (tertiary/aromatic N) is 4. The number of benzene rings is 2. The summed E-state index contributed by atoms with van der Waals surface area (Å²) in [5, 5.41) is 4.58. The van der Waals surface area contributed by atoms with E-state index in [0.717, 1.165) is 29.1 Å². The van der Waals surface area contributed by atoms with Crippen LogP contribution in [0.5, 0.6) is 0 Å². The zero-order chi connectivity index (χ0) is 23.1. The van der Waals surface area contributed by atoms with Crippen LogP contribution < -0.4 is 10.9 Å². The van der Waals surface area contributed by atoms with E-state index in [9.17, 15) is 13.6 Å². The largest absolute Gasteiger partial charge is 0.360 e. The molecule has 0 amide bonds. The van der Waals surface area contributed by atoms with Gasteiger partial charge in [-0.1, -0.05) is 25.1 Å². The zero-order valence-electron chi connectivity index (χ0n) is 17.9. The Morgan fingerprint density at radius 3 is 2.64 bits per heavy atom. The average Bonchev–Trinajstić information content (AvgIpc) is 3.26. The molecule has 0 radical (unpaired) electrons. The number of rotatable bonds is 5. The first-order chi connectivity index (χ1) is 16.0. The minimum atomic E-state index is -0.761. The SMILES string of the molecule is CC[C@@H](Nc1ncnc2[nH]cnc12)c1cc2cccc(C)c2c(=O)n1-c1cc(F)cc(F)c1. The molecule has 166 valence electrons. The molecule has 0 aliphatic carbocycles. The molecule has 0 saturated heterocycles. The van der Waals surface area contributed by atoms with Gasteiger partial charge in [0.15, 0.2) is 11.5 Å². The lowest BCUT2D eigenvalue weighted by molar-refractivity contribution is 0.579. The molecule has 7 nitrogen and oxygen atoms in total. The highest BCUT2D eigenvalue weighted by Crippen LogP contribution is 2.29. The number of pyridine rings is 1. The van der Waals surface area contributed by atoms with E-state index in [1.165, 1.54) is 17.2 Å². The van der Waals surface area contributed by atoms with Crippen LogP contribution in [0, 0.1) is 18.6 Å². The number of hydrogen-bond donors (Lipinski definition) is 2. The van der Waals surface area contributed by atoms with E-state index in [-0.39, 0.29) is 11.2 Å². The molecule has 0 saturated carbocycles. The number of aromatic nitrogens is 5. The fraction of sp³-hybridized carbons (Fsp3) is 0.167. The summed E-state index contributed by atoms with van der Waals surface area (Å²) in [4.78, 5) is 29.4. The third-order valence-corrected chi connectivity index (χ3v) is 5.68. The second kappa shape index (κ2) is 8.09. The standard InChI is InChI=1S/C24H20F2N6O/c1-3-18(31-23-21-22(28-11-27-21)29-12-30-23)19-7-14-6-4-5-13(2)20(14)24(33)32(19)17-9-15(25)8-16(26)10-17/h4-12,18H,3H2,1-2H3,(H2,27,28,29,30,31)/t18-/m1/s1. The molecule has 0 unspecified atom stereocenters. The highest BCUT2D eigenvalue weighted by Gasteiger charge is 2.21. The van der Waals surface area contributed by atoms with Gasteiger partial charge in [-0.05, 0) is 42.5 Å². The minimum Gasteiger partial charge on any atom is -0.360 e. The lowest BCUT2D eigenvalue weighted by Crippen LogP contribution is -2.27. The Kier molecular flexibility index (Phi) is 5.08. The predicted octanol–water partition coefficient (Wildman–Crippen LogP) is 4.81. The van der Waals surface area contributed by atoms with Crippen LogP contribution in [-0.4, -0.2) is 24.5 Å². The molecule has 3 aromatic heterocycles. The average molecular weight is 446 g/mol. The van der Waals surface area contributed by atoms with Crippen LogP contribution in [0.2, 0.25) is 0 Å². The van der Waals surface area contributed by atoms with Gasteiger partial charge in [0.1, 0.15) is 23.5 Å². The van der Waals surface area contributed by atoms with Crippen molar-refractivity contribution < 1.29 is 8.78 Å². The maximum atomic E-state index is 14.1. The molecule has 33 heavy (non-hydrogen) atoms. The third kappa shape index (κ3) is 3.61. The van der Waals surface area contributed by atoms with Crippen molar-refractivity contribution in [2.24, 2.45) is 0 Å². The fourth-order valence-corrected chi connectivity index (χ4v) is 4.17. The number of hydrogen-bond acceptors (Lipinski definition) is 5. The van der Waals surface area contributed by atoms with E-state index >= 15 is 0 Å². The molecule has 0 spiro atoms. The normalized spacial score (nSPS) is 12.4. The number of halogens is 2. The smallest absolute Gasteiger partial charge is 0.263 e. The quantitative estimate of drug-likeness (QED) is 0.405. The van der Waals surface area contributed by atoms with Crippen molar-refractivity contribution in [3.05, 3.63) is 88.4 Å². The van der Waals surface area contributed by atoms with Crippen molar-refractivity contribution in [3.63, 3.8) is 0 Å². The molecule has 2 N–H and O–H groups in total. The first kappa shape index (κ1) is 20.7. The Hall–Kier alpha value is -4.14. The molecule has 5 rings (SSSR count). The summed E-state index contributed by atoms with van der Waals surface area (Å²) < 4.78 is 29.6. The van der Waals surface area contributed by atoms with Crippen molar-refractivity contribution >= 4 is 27.8 Å². The van der Waals surface area contributed by atoms with Crippen LogP contribution in [0.1, 0.15) is 30.6 Å². The minimum absolute atomic E-state index is 0.116. The van der Waals surface area contributed by atoms with Gasteiger partial charge in [-0.25, -0.2) is 23.7 Å². The molecule has 5 aromatic rings. The predicted molar refractivity (Wildman–Crippen MR) is 123 cm³/mol. The van der Waals surface area contributed by atoms with E-state index in [0.29, 0.717) is 34.5 Å². The van der Waals surface area contributed by atoms with Gasteiger partial charge in [0.05, 0.1) is 23.4 Å². The van der Waals surface area contributed by atoms with Gasteiger partial charge < -0.3 is 10.3 Å². The second-order valence-corrected chi connectivity index (χ2v) is 7.80. The summed E-state index contributed by atoms with van der Waals surface area (Å²) in [7, 11) is 0. The monoisotopic (exact) mass is 446 g/mol. The highest BCUT2D eigenvalue weighted by molar-refractivity contribution is 5.86. The fourth-order valence-electron chi connectivity index (χ4n) is 4.17. The summed E-state index contributed by atoms with van der Waals surface area (Å²) in [5.41, 5.74) is 2.22. The molecule has 3 heterocycles. The van der Waals surface area contributed by atoms with Crippen molar-refractivity contribution in [3.8, 4) is 5.69 Å². The van der Waals surface area contributed by atoms with Gasteiger partial charge in [-0.15, -0.1) is 0 Å². The van der Waals surface area contributed by atoms with E-state index in [1.807, 2.05) is 38.1 Å². The highest BCUT2D eigenvalue weighted by atomic mass is 19.1. The topological polar surface area (TPSA) is 88.5 Å². The maximum absolute atomic E-state index is 14.1. The van der Waals surface area contributed by atoms with Gasteiger partial charge in [-0.3, -0.25) is 9.36 Å². The van der Waals surface area contributed by atoms with Gasteiger partial charge in [0, 0.05) is 11.8 Å². The van der Waals surface area contributed by atoms with Crippen molar-refractivity contribution in [2.75, 3.05) is 5.32 Å². The first-order valence-electron chi connectivity index (χ1n) is 10.5. The lowest BCUT2D eigenvalue weighted by atomic mass is 10.0. The van der Waals surface area contributed by atoms with E-state index in [1.54, 1.807) is 0 Å². The van der Waals surface area contributed by atoms with E-state index in [2.05, 4.69) is 25.3 Å². The van der Waals surface area contributed by atoms with Crippen molar-refractivity contribution in [1.29, 1.82) is 0 Å². The van der Waals surface area contributed by atoms with Crippen LogP contribution in [0.15, 0.2) is 59.9 Å². The van der Waals surface area contributed by atoms with Crippen molar-refractivity contribution in [2.45, 2.75) is 26.3 Å². The van der Waals surface area contributed by atoms with Crippen LogP contribution in [0.4, 0.5) is 14.6 Å². The van der Waals surface area contributed by atoms with Gasteiger partial charge >= 0.3 is 0 Å². The summed E-state index contributed by atoms with van der Waals surface area (Å²) in [6.07, 6.45) is 3.49. The van der Waals surface area contributed by atoms with Crippen LogP contribution in [-0.2, 0) is 0 Å². The molecule has 0 bridgehead atoms. The van der Waals surface area contributed by atoms with Gasteiger partial charge in [0.25, 0.3) is 5.56 Å². The number of imidazole rings is 1. The number of H-pyrrole nitrogens is 1. The van der Waals surface area contributed by atoms with Crippen LogP contribution in [0.25, 0.3) is 27.6 Å². The van der Waals surface area contributed by atoms with Crippen molar-refractivity contribution in [1.82, 2.24) is 24.5 Å². The van der Waals surface area contributed by atoms with Gasteiger partial charge in [-0.2, -0.15) is 0 Å². The van der Waals surface area contributed by atoms with Gasteiger partial charge in [0.2, 0.25) is 0 Å². The lowest BCUT2D eigenvalue weighted by Gasteiger charge is -2.24. The Morgan fingerprint density at radius 1 is 1.09 bits per heavy atom. The molecule has 0 fully saturated rings. The number of aromatic amines is 1. The molecular weight excluding hydrogens is 426 g/mol. The number of nitrogens with one attached hydrogen (secondary N) is 2. The third-order valence-electron chi connectivity index (χ3n) is 5.68. The summed E-state index contributed by atoms with van der Waals surface area (Å²) >= 11 is 0. The van der Waals surface area contributed by atoms with Crippen LogP contribution >= 0.6 is 0 Å². The Bertz CT molecular complexity index is 1540. The molecule has 0 aliphatic rings. The Balaban J connectivity index is 1.76. The molecule has 0 aliphatic heterocycles. The molecule has 1 atom stereocenters. The Morgan fingerprint density at radius 2 is 1.88 bits per heavy atom. The number of fused-ring (bicyclic) bond motifs is 2. The molecular formula is C24H20F2N6O. The maximum Gasteiger partial charge on any atom is 0.263 e. The molecule has 9 heteroatoms. The summed E-state index contributed by atoms with van der Waals surface area (Å²) in [6.45, 7) is 3.78. The van der Waals surface area contributed by atoms with Crippen LogP contribution in [0.3, 0.4) is 0 Å². The van der Waals surface area contributed by atoms with E-state index < -0.39 is 17.7 Å². The molecule has 2 aromatic carbocycles. The second-order valence-electron chi connectivity index (χ2n) is 7.80. The number of anilines is 1. The summed E-state index contributed by atoms with van der Waals surface area (Å²) in [5.74, 6) is -1.03. The van der Waals surface area contributed by atoms with E-state index in [4.69, 9.17) is 0 Å². The Labute approximate surface area is 187 Å². The summed E-state index contributed by atoms with van der Waals surface area (Å²) in [6, 6.07) is 10.1.